The largest absolute Gasteiger partial charge is 1.00 e. The molecule has 1 unspecified atom stereocenters. The van der Waals surface area contributed by atoms with E-state index in [4.69, 9.17) is 0 Å². The molecule has 0 spiro atoms. The number of halogens is 3. The van der Waals surface area contributed by atoms with E-state index in [1.807, 2.05) is 0 Å². The monoisotopic (exact) mass is 454 g/mol. The van der Waals surface area contributed by atoms with Gasteiger partial charge in [0.1, 0.15) is 0 Å². The molecule has 0 N–H and O–H groups in total. The predicted molar refractivity (Wildman–Crippen MR) is 99.0 cm³/mol. The molecule has 1 atom stereocenters. The Bertz CT molecular complexity index is 752. The fourth-order valence-electron chi connectivity index (χ4n) is 3.82. The first-order valence-corrected chi connectivity index (χ1v) is 9.59. The summed E-state index contributed by atoms with van der Waals surface area (Å²) in [6.07, 6.45) is 9.36. The number of benzene rings is 2. The van der Waals surface area contributed by atoms with Gasteiger partial charge in [-0.15, -0.1) is 0 Å². The van der Waals surface area contributed by atoms with Crippen LogP contribution in [0.3, 0.4) is 0 Å². The van der Waals surface area contributed by atoms with E-state index in [0.717, 1.165) is 6.42 Å². The van der Waals surface area contributed by atoms with Crippen molar-refractivity contribution < 1.29 is 57.7 Å². The molecule has 27 heavy (non-hydrogen) atoms. The van der Waals surface area contributed by atoms with Crippen LogP contribution in [0.15, 0.2) is 72.3 Å². The van der Waals surface area contributed by atoms with Gasteiger partial charge in [0.05, 0.1) is 0 Å². The van der Waals surface area contributed by atoms with Crippen LogP contribution < -0.4 is 37.2 Å². The molecule has 0 fully saturated rings. The third kappa shape index (κ3) is 5.75. The normalized spacial score (nSPS) is 17.6. The molecule has 1 aliphatic carbocycles. The van der Waals surface area contributed by atoms with Crippen LogP contribution in [0.25, 0.3) is 0 Å². The average molecular weight is 456 g/mol. The zero-order chi connectivity index (χ0) is 17.2. The van der Waals surface area contributed by atoms with Crippen molar-refractivity contribution in [2.45, 2.75) is 43.3 Å². The van der Waals surface area contributed by atoms with Gasteiger partial charge in [0.2, 0.25) is 0 Å². The van der Waals surface area contributed by atoms with Crippen molar-refractivity contribution in [2.75, 3.05) is 0 Å². The van der Waals surface area contributed by atoms with Crippen molar-refractivity contribution in [3.05, 3.63) is 94.6 Å². The van der Waals surface area contributed by atoms with E-state index in [2.05, 4.69) is 108 Å². The molecule has 0 amide bonds. The van der Waals surface area contributed by atoms with Crippen molar-refractivity contribution in [1.29, 1.82) is 0 Å². The van der Waals surface area contributed by atoms with Gasteiger partial charge < -0.3 is 37.2 Å². The minimum absolute atomic E-state index is 0. The maximum atomic E-state index is 2.41. The predicted octanol–water partition coefficient (Wildman–Crippen LogP) is -2.55. The standard InChI is InChI=1S/C23H25.3ClH.Ti/c1-4-8-19-11-7-14-22(19)23(20-12-5-9-17(2)15-20)21-13-6-10-18(3)16-21;;;;/h5-7,9-16,23H,4,8H2,1-3H3;3*1H;/q;;;;+3/p-3. The first kappa shape index (κ1) is 26.5. The molecule has 0 heterocycles. The summed E-state index contributed by atoms with van der Waals surface area (Å²) in [5.41, 5.74) is 7.04. The summed E-state index contributed by atoms with van der Waals surface area (Å²) < 4.78 is 0.0532. The summed E-state index contributed by atoms with van der Waals surface area (Å²) >= 11 is 2.41. The van der Waals surface area contributed by atoms with Gasteiger partial charge in [-0.3, -0.25) is 0 Å². The molecule has 0 aliphatic heterocycles. The maximum Gasteiger partial charge on any atom is -1.00 e. The van der Waals surface area contributed by atoms with Gasteiger partial charge in [-0.05, 0) is 0 Å². The van der Waals surface area contributed by atoms with E-state index >= 15 is 0 Å². The van der Waals surface area contributed by atoms with Crippen molar-refractivity contribution in [1.82, 2.24) is 0 Å². The number of aryl methyl sites for hydroxylation is 2. The Kier molecular flexibility index (Phi) is 11.3. The molecule has 0 aromatic heterocycles. The van der Waals surface area contributed by atoms with Crippen molar-refractivity contribution in [3.63, 3.8) is 0 Å². The summed E-state index contributed by atoms with van der Waals surface area (Å²) in [4.78, 5) is 0. The van der Waals surface area contributed by atoms with Crippen molar-refractivity contribution in [2.24, 2.45) is 0 Å². The van der Waals surface area contributed by atoms with E-state index in [1.54, 1.807) is 5.57 Å². The minimum atomic E-state index is 0. The van der Waals surface area contributed by atoms with Crippen LogP contribution in [0.4, 0.5) is 0 Å². The molecule has 0 saturated heterocycles. The molecule has 3 rings (SSSR count). The van der Waals surface area contributed by atoms with Crippen LogP contribution in [0.1, 0.15) is 47.9 Å². The maximum absolute atomic E-state index is 2.41. The van der Waals surface area contributed by atoms with E-state index in [9.17, 15) is 0 Å². The van der Waals surface area contributed by atoms with Gasteiger partial charge in [-0.25, -0.2) is 0 Å². The Hall–Kier alpha value is -0.496. The molecule has 0 bridgehead atoms. The third-order valence-corrected chi connectivity index (χ3v) is 6.13. The van der Waals surface area contributed by atoms with Crippen LogP contribution in [-0.2, 0) is 20.4 Å². The number of rotatable bonds is 5. The first-order valence-electron chi connectivity index (χ1n) is 8.81. The summed E-state index contributed by atoms with van der Waals surface area (Å²) in [6.45, 7) is 6.65. The zero-order valence-corrected chi connectivity index (χ0v) is 19.8. The summed E-state index contributed by atoms with van der Waals surface area (Å²) in [7, 11) is 0. The van der Waals surface area contributed by atoms with Crippen LogP contribution in [0.2, 0.25) is 3.72 Å². The fourth-order valence-corrected chi connectivity index (χ4v) is 4.82. The topological polar surface area (TPSA) is 0 Å². The SMILES string of the molecule is CCCC1=CC=C[C]1([Ti+3])C(c1cccc(C)c1)c1cccc(C)c1.[Cl-].[Cl-].[Cl-]. The number of hydrogen-bond donors (Lipinski definition) is 0. The molecule has 2 aromatic rings. The minimum Gasteiger partial charge on any atom is -1.00 e. The molecule has 0 radical (unpaired) electrons. The van der Waals surface area contributed by atoms with Gasteiger partial charge >= 0.3 is 158 Å². The summed E-state index contributed by atoms with van der Waals surface area (Å²) in [6, 6.07) is 18.1. The third-order valence-electron chi connectivity index (χ3n) is 4.91. The Labute approximate surface area is 194 Å². The van der Waals surface area contributed by atoms with Gasteiger partial charge in [0.25, 0.3) is 0 Å². The molecule has 0 nitrogen and oxygen atoms in total. The molecule has 142 valence electrons. The van der Waals surface area contributed by atoms with Gasteiger partial charge in [-0.2, -0.15) is 0 Å². The van der Waals surface area contributed by atoms with Gasteiger partial charge in [0, 0.05) is 0 Å². The van der Waals surface area contributed by atoms with Crippen LogP contribution in [0, 0.1) is 13.8 Å². The van der Waals surface area contributed by atoms with Crippen LogP contribution in [0.5, 0.6) is 0 Å². The summed E-state index contributed by atoms with van der Waals surface area (Å²) in [5.74, 6) is 0.355. The number of hydrogen-bond acceptors (Lipinski definition) is 0. The Morgan fingerprint density at radius 3 is 1.85 bits per heavy atom. The molecular formula is C23H25Cl3Ti. The van der Waals surface area contributed by atoms with Crippen molar-refractivity contribution in [3.8, 4) is 0 Å². The van der Waals surface area contributed by atoms with Crippen LogP contribution >= 0.6 is 0 Å². The molecule has 2 aromatic carbocycles. The second-order valence-corrected chi connectivity index (χ2v) is 8.22. The van der Waals surface area contributed by atoms with E-state index in [0.29, 0.717) is 5.92 Å². The Morgan fingerprint density at radius 2 is 1.41 bits per heavy atom. The van der Waals surface area contributed by atoms with Gasteiger partial charge in [0.15, 0.2) is 0 Å². The fraction of sp³-hybridized carbons (Fsp3) is 0.304. The van der Waals surface area contributed by atoms with Crippen molar-refractivity contribution >= 4 is 0 Å². The van der Waals surface area contributed by atoms with Crippen LogP contribution in [-0.4, -0.2) is 0 Å². The smallest absolute Gasteiger partial charge is 1.00 e. The second-order valence-electron chi connectivity index (χ2n) is 6.93. The second kappa shape index (κ2) is 11.5. The van der Waals surface area contributed by atoms with E-state index in [1.165, 1.54) is 28.7 Å². The molecule has 1 aliphatic rings. The first-order chi connectivity index (χ1) is 11.5. The number of allylic oxidation sites excluding steroid dienone is 4. The molecule has 0 saturated carbocycles. The average Bonchev–Trinajstić information content (AvgIpc) is 2.90. The Balaban J connectivity index is 0.00000225. The van der Waals surface area contributed by atoms with E-state index in [-0.39, 0.29) is 40.9 Å². The molecular weight excluding hydrogens is 430 g/mol. The molecule has 4 heteroatoms. The zero-order valence-electron chi connectivity index (χ0n) is 16.0. The van der Waals surface area contributed by atoms with Gasteiger partial charge in [-0.1, -0.05) is 0 Å². The Morgan fingerprint density at radius 1 is 0.889 bits per heavy atom. The van der Waals surface area contributed by atoms with E-state index < -0.39 is 0 Å². The quantitative estimate of drug-likeness (QED) is 0.436. The summed E-state index contributed by atoms with van der Waals surface area (Å²) in [5, 5.41) is 0.